The first-order valence-electron chi connectivity index (χ1n) is 8.24. The summed E-state index contributed by atoms with van der Waals surface area (Å²) in [7, 11) is 2.87. The summed E-state index contributed by atoms with van der Waals surface area (Å²) in [5.74, 6) is -0.803. The van der Waals surface area contributed by atoms with Crippen LogP contribution >= 0.6 is 11.6 Å². The van der Waals surface area contributed by atoms with E-state index in [1.165, 1.54) is 12.0 Å². The molecule has 1 aliphatic rings. The molecule has 136 valence electrons. The number of halogens is 1. The second-order valence-electron chi connectivity index (χ2n) is 6.22. The van der Waals surface area contributed by atoms with Gasteiger partial charge in [-0.1, -0.05) is 23.7 Å². The largest absolute Gasteiger partial charge is 0.468 e. The predicted molar refractivity (Wildman–Crippen MR) is 94.1 cm³/mol. The van der Waals surface area contributed by atoms with Crippen LogP contribution in [0.3, 0.4) is 0 Å². The fourth-order valence-corrected chi connectivity index (χ4v) is 3.02. The van der Waals surface area contributed by atoms with Gasteiger partial charge in [0.15, 0.2) is 0 Å². The Morgan fingerprint density at radius 3 is 2.64 bits per heavy atom. The average molecular weight is 367 g/mol. The van der Waals surface area contributed by atoms with E-state index in [9.17, 15) is 14.4 Å². The van der Waals surface area contributed by atoms with Crippen molar-refractivity contribution in [2.75, 3.05) is 33.8 Å². The number of methoxy groups -OCH3 is 1. The highest BCUT2D eigenvalue weighted by atomic mass is 35.5. The lowest BCUT2D eigenvalue weighted by atomic mass is 9.95. The Balaban J connectivity index is 1.91. The van der Waals surface area contributed by atoms with Crippen molar-refractivity contribution in [1.82, 2.24) is 9.80 Å². The molecular formula is C18H23ClN2O4. The summed E-state index contributed by atoms with van der Waals surface area (Å²) < 4.78 is 4.59. The summed E-state index contributed by atoms with van der Waals surface area (Å²) in [4.78, 5) is 39.0. The van der Waals surface area contributed by atoms with Crippen LogP contribution in [0.25, 0.3) is 0 Å². The van der Waals surface area contributed by atoms with Gasteiger partial charge in [0.25, 0.3) is 0 Å². The van der Waals surface area contributed by atoms with Gasteiger partial charge in [-0.2, -0.15) is 0 Å². The van der Waals surface area contributed by atoms with Crippen molar-refractivity contribution in [2.24, 2.45) is 5.92 Å². The number of rotatable bonds is 6. The van der Waals surface area contributed by atoms with Gasteiger partial charge >= 0.3 is 5.97 Å². The average Bonchev–Trinajstić information content (AvgIpc) is 2.61. The molecule has 0 aromatic heterocycles. The summed E-state index contributed by atoms with van der Waals surface area (Å²) in [6, 6.07) is 7.51. The van der Waals surface area contributed by atoms with Crippen molar-refractivity contribution < 1.29 is 19.1 Å². The summed E-state index contributed by atoms with van der Waals surface area (Å²) >= 11 is 5.87. The Labute approximate surface area is 152 Å². The Bertz CT molecular complexity index is 632. The van der Waals surface area contributed by atoms with Gasteiger partial charge in [-0.25, -0.2) is 0 Å². The number of ether oxygens (including phenoxy) is 1. The highest BCUT2D eigenvalue weighted by molar-refractivity contribution is 6.30. The van der Waals surface area contributed by atoms with Gasteiger partial charge in [-0.3, -0.25) is 14.4 Å². The molecule has 0 spiro atoms. The summed E-state index contributed by atoms with van der Waals surface area (Å²) in [5.41, 5.74) is 1.09. The first-order valence-corrected chi connectivity index (χ1v) is 8.62. The van der Waals surface area contributed by atoms with E-state index in [0.29, 0.717) is 37.4 Å². The van der Waals surface area contributed by atoms with Gasteiger partial charge in [-0.15, -0.1) is 0 Å². The van der Waals surface area contributed by atoms with Crippen LogP contribution in [-0.2, 0) is 25.5 Å². The fourth-order valence-electron chi connectivity index (χ4n) is 2.90. The number of hydrogen-bond donors (Lipinski definition) is 0. The van der Waals surface area contributed by atoms with Crippen LogP contribution in [0.5, 0.6) is 0 Å². The first kappa shape index (κ1) is 19.2. The molecule has 0 radical (unpaired) electrons. The number of carbonyl (C=O) groups excluding carboxylic acids is 3. The molecule has 0 N–H and O–H groups in total. The zero-order chi connectivity index (χ0) is 18.4. The molecule has 7 heteroatoms. The van der Waals surface area contributed by atoms with Gasteiger partial charge in [0, 0.05) is 31.6 Å². The fraction of sp³-hybridized carbons (Fsp3) is 0.500. The number of hydrogen-bond acceptors (Lipinski definition) is 4. The molecule has 1 aromatic rings. The maximum Gasteiger partial charge on any atom is 0.325 e. The van der Waals surface area contributed by atoms with E-state index >= 15 is 0 Å². The highest BCUT2D eigenvalue weighted by Gasteiger charge is 2.32. The van der Waals surface area contributed by atoms with Gasteiger partial charge in [0.1, 0.15) is 6.54 Å². The minimum Gasteiger partial charge on any atom is -0.468 e. The zero-order valence-electron chi connectivity index (χ0n) is 14.5. The summed E-state index contributed by atoms with van der Waals surface area (Å²) in [6.45, 7) is 0.867. The number of esters is 1. The molecule has 1 saturated heterocycles. The number of piperidine rings is 1. The van der Waals surface area contributed by atoms with Crippen molar-refractivity contribution in [3.05, 3.63) is 34.9 Å². The molecular weight excluding hydrogens is 344 g/mol. The molecule has 1 atom stereocenters. The van der Waals surface area contributed by atoms with Crippen LogP contribution in [-0.4, -0.2) is 61.4 Å². The van der Waals surface area contributed by atoms with Crippen LogP contribution in [0.15, 0.2) is 24.3 Å². The lowest BCUT2D eigenvalue weighted by Crippen LogP contribution is -2.47. The molecule has 0 saturated carbocycles. The van der Waals surface area contributed by atoms with Crippen LogP contribution < -0.4 is 0 Å². The Kier molecular flexibility index (Phi) is 6.82. The molecule has 25 heavy (non-hydrogen) atoms. The quantitative estimate of drug-likeness (QED) is 0.719. The van der Waals surface area contributed by atoms with E-state index in [1.807, 2.05) is 24.3 Å². The van der Waals surface area contributed by atoms with E-state index < -0.39 is 5.97 Å². The molecule has 6 nitrogen and oxygen atoms in total. The summed E-state index contributed by atoms with van der Waals surface area (Å²) in [5, 5.41) is 0.678. The Morgan fingerprint density at radius 1 is 1.32 bits per heavy atom. The third kappa shape index (κ3) is 5.46. The van der Waals surface area contributed by atoms with Crippen LogP contribution in [0.4, 0.5) is 0 Å². The predicted octanol–water partition coefficient (Wildman–Crippen LogP) is 1.75. The van der Waals surface area contributed by atoms with Gasteiger partial charge in [-0.05, 0) is 30.5 Å². The van der Waals surface area contributed by atoms with Crippen molar-refractivity contribution in [1.29, 1.82) is 0 Å². The monoisotopic (exact) mass is 366 g/mol. The molecule has 1 unspecified atom stereocenters. The number of likely N-dealkylation sites (N-methyl/N-ethyl adjacent to an activating group) is 1. The molecule has 1 aromatic carbocycles. The summed E-state index contributed by atoms with van der Waals surface area (Å²) in [6.07, 6.45) is 1.57. The van der Waals surface area contributed by atoms with Gasteiger partial charge in [0.2, 0.25) is 11.8 Å². The maximum atomic E-state index is 12.5. The van der Waals surface area contributed by atoms with Crippen molar-refractivity contribution >= 4 is 29.4 Å². The van der Waals surface area contributed by atoms with Gasteiger partial charge < -0.3 is 14.5 Å². The topological polar surface area (TPSA) is 66.9 Å². The number of amides is 2. The minimum absolute atomic E-state index is 0.0636. The third-order valence-electron chi connectivity index (χ3n) is 4.40. The molecule has 1 fully saturated rings. The van der Waals surface area contributed by atoms with E-state index in [1.54, 1.807) is 11.9 Å². The number of benzene rings is 1. The van der Waals surface area contributed by atoms with Crippen molar-refractivity contribution in [2.45, 2.75) is 19.3 Å². The Morgan fingerprint density at radius 2 is 2.00 bits per heavy atom. The molecule has 1 aliphatic heterocycles. The van der Waals surface area contributed by atoms with E-state index in [0.717, 1.165) is 5.56 Å². The first-order chi connectivity index (χ1) is 11.9. The molecule has 0 bridgehead atoms. The smallest absolute Gasteiger partial charge is 0.325 e. The van der Waals surface area contributed by atoms with Crippen LogP contribution in [0.1, 0.15) is 18.4 Å². The zero-order valence-corrected chi connectivity index (χ0v) is 15.3. The second-order valence-corrected chi connectivity index (χ2v) is 6.66. The SMILES string of the molecule is COC(=O)CN(C)C(=O)C1CCC(=O)N(CCc2ccc(Cl)cc2)C1. The van der Waals surface area contributed by atoms with E-state index in [-0.39, 0.29) is 24.3 Å². The lowest BCUT2D eigenvalue weighted by molar-refractivity contribution is -0.149. The highest BCUT2D eigenvalue weighted by Crippen LogP contribution is 2.20. The maximum absolute atomic E-state index is 12.5. The van der Waals surface area contributed by atoms with Crippen LogP contribution in [0.2, 0.25) is 5.02 Å². The van der Waals surface area contributed by atoms with Crippen molar-refractivity contribution in [3.8, 4) is 0 Å². The standard InChI is InChI=1S/C18H23ClN2O4/c1-20(12-17(23)25-2)18(24)14-5-8-16(22)21(11-14)10-9-13-3-6-15(19)7-4-13/h3-4,6-7,14H,5,8-12H2,1-2H3. The second kappa shape index (κ2) is 8.85. The third-order valence-corrected chi connectivity index (χ3v) is 4.66. The molecule has 1 heterocycles. The number of carbonyl (C=O) groups is 3. The minimum atomic E-state index is -0.456. The lowest BCUT2D eigenvalue weighted by Gasteiger charge is -2.33. The van der Waals surface area contributed by atoms with E-state index in [2.05, 4.69) is 4.74 Å². The van der Waals surface area contributed by atoms with Crippen LogP contribution in [0, 0.1) is 5.92 Å². The van der Waals surface area contributed by atoms with E-state index in [4.69, 9.17) is 11.6 Å². The molecule has 2 amide bonds. The molecule has 0 aliphatic carbocycles. The van der Waals surface area contributed by atoms with Crippen molar-refractivity contribution in [3.63, 3.8) is 0 Å². The van der Waals surface area contributed by atoms with Gasteiger partial charge in [0.05, 0.1) is 13.0 Å². The molecule has 2 rings (SSSR count). The Hall–Kier alpha value is -2.08. The number of nitrogens with zero attached hydrogens (tertiary/aromatic N) is 2. The number of likely N-dealkylation sites (tertiary alicyclic amines) is 1. The normalized spacial score (nSPS) is 17.3.